The number of carbonyl (C=O) groups excluding carboxylic acids is 1. The van der Waals surface area contributed by atoms with Gasteiger partial charge in [0.2, 0.25) is 5.91 Å². The van der Waals surface area contributed by atoms with Crippen LogP contribution in [-0.4, -0.2) is 5.91 Å². The second kappa shape index (κ2) is 9.86. The Kier molecular flexibility index (Phi) is 8.52. The third-order valence-electron chi connectivity index (χ3n) is 5.80. The molecule has 0 aliphatic carbocycles. The Morgan fingerprint density at radius 3 is 1.38 bits per heavy atom. The smallest absolute Gasteiger partial charge is 0.248 e. The molecule has 0 saturated carbocycles. The molecule has 1 aromatic carbocycles. The number of hydrogen-bond donors (Lipinski definition) is 1. The molecule has 0 fully saturated rings. The SMILES string of the molecule is CCC(CC)c1cc(C(CC)CC)c(C(CC)CC)cc1C(N)=O. The Bertz CT molecular complexity index is 523. The first kappa shape index (κ1) is 20.7. The minimum Gasteiger partial charge on any atom is -0.366 e. The minimum atomic E-state index is -0.278. The van der Waals surface area contributed by atoms with E-state index in [0.29, 0.717) is 17.8 Å². The summed E-state index contributed by atoms with van der Waals surface area (Å²) >= 11 is 0. The number of benzene rings is 1. The molecule has 0 aliphatic heterocycles. The zero-order valence-electron chi connectivity index (χ0n) is 16.6. The van der Waals surface area contributed by atoms with Gasteiger partial charge in [0.25, 0.3) is 0 Å². The molecule has 24 heavy (non-hydrogen) atoms. The summed E-state index contributed by atoms with van der Waals surface area (Å²) in [4.78, 5) is 12.2. The summed E-state index contributed by atoms with van der Waals surface area (Å²) in [6, 6.07) is 4.48. The summed E-state index contributed by atoms with van der Waals surface area (Å²) in [5, 5.41) is 0. The van der Waals surface area contributed by atoms with E-state index in [1.165, 1.54) is 16.7 Å². The molecule has 0 saturated heterocycles. The van der Waals surface area contributed by atoms with E-state index in [4.69, 9.17) is 5.73 Å². The highest BCUT2D eigenvalue weighted by Crippen LogP contribution is 2.38. The first-order chi connectivity index (χ1) is 11.5. The zero-order chi connectivity index (χ0) is 18.3. The number of hydrogen-bond acceptors (Lipinski definition) is 1. The van der Waals surface area contributed by atoms with E-state index < -0.39 is 0 Å². The lowest BCUT2D eigenvalue weighted by atomic mass is 9.78. The quantitative estimate of drug-likeness (QED) is 0.522. The molecule has 2 nitrogen and oxygen atoms in total. The lowest BCUT2D eigenvalue weighted by molar-refractivity contribution is 0.0998. The van der Waals surface area contributed by atoms with Gasteiger partial charge in [0.15, 0.2) is 0 Å². The lowest BCUT2D eigenvalue weighted by Gasteiger charge is -2.27. The van der Waals surface area contributed by atoms with Gasteiger partial charge in [0, 0.05) is 5.56 Å². The van der Waals surface area contributed by atoms with Crippen LogP contribution in [-0.2, 0) is 0 Å². The topological polar surface area (TPSA) is 43.1 Å². The van der Waals surface area contributed by atoms with Crippen molar-refractivity contribution < 1.29 is 4.79 Å². The number of amides is 1. The van der Waals surface area contributed by atoms with Crippen LogP contribution in [0.2, 0.25) is 0 Å². The van der Waals surface area contributed by atoms with E-state index in [1.54, 1.807) is 0 Å². The minimum absolute atomic E-state index is 0.278. The Labute approximate surface area is 149 Å². The Morgan fingerprint density at radius 2 is 1.04 bits per heavy atom. The van der Waals surface area contributed by atoms with Gasteiger partial charge in [-0.3, -0.25) is 4.79 Å². The molecule has 1 amide bonds. The van der Waals surface area contributed by atoms with Crippen molar-refractivity contribution in [1.29, 1.82) is 0 Å². The Balaban J connectivity index is 3.68. The standard InChI is InChI=1S/C22H37NO/c1-7-15(8-2)18-13-20(17(11-5)12-6)21(22(23)24)14-19(18)16(9-3)10-4/h13-17H,7-12H2,1-6H3,(H2,23,24). The lowest BCUT2D eigenvalue weighted by Crippen LogP contribution is -2.18. The van der Waals surface area contributed by atoms with Gasteiger partial charge >= 0.3 is 0 Å². The van der Waals surface area contributed by atoms with Crippen molar-refractivity contribution in [3.05, 3.63) is 34.4 Å². The normalized spacial score (nSPS) is 11.7. The van der Waals surface area contributed by atoms with E-state index in [2.05, 4.69) is 53.7 Å². The average molecular weight is 332 g/mol. The fourth-order valence-corrected chi connectivity index (χ4v) is 4.09. The molecular formula is C22H37NO. The molecule has 2 heteroatoms. The van der Waals surface area contributed by atoms with E-state index in [9.17, 15) is 4.79 Å². The fourth-order valence-electron chi connectivity index (χ4n) is 4.09. The van der Waals surface area contributed by atoms with Crippen LogP contribution in [0.3, 0.4) is 0 Å². The molecule has 0 bridgehead atoms. The van der Waals surface area contributed by atoms with Crippen molar-refractivity contribution in [3.8, 4) is 0 Å². The van der Waals surface area contributed by atoms with Gasteiger partial charge in [-0.15, -0.1) is 0 Å². The second-order valence-electron chi connectivity index (χ2n) is 6.97. The van der Waals surface area contributed by atoms with Crippen LogP contribution in [0, 0.1) is 0 Å². The molecule has 1 rings (SSSR count). The number of rotatable bonds is 10. The van der Waals surface area contributed by atoms with Crippen LogP contribution >= 0.6 is 0 Å². The molecule has 0 unspecified atom stereocenters. The third kappa shape index (κ3) is 4.40. The number of carbonyl (C=O) groups is 1. The van der Waals surface area contributed by atoms with Gasteiger partial charge in [-0.25, -0.2) is 0 Å². The van der Waals surface area contributed by atoms with Crippen molar-refractivity contribution in [2.75, 3.05) is 0 Å². The maximum atomic E-state index is 12.2. The van der Waals surface area contributed by atoms with Crippen molar-refractivity contribution in [2.24, 2.45) is 5.73 Å². The first-order valence-electron chi connectivity index (χ1n) is 9.96. The summed E-state index contributed by atoms with van der Waals surface area (Å²) < 4.78 is 0. The fraction of sp³-hybridized carbons (Fsp3) is 0.682. The van der Waals surface area contributed by atoms with Crippen LogP contribution in [0.25, 0.3) is 0 Å². The van der Waals surface area contributed by atoms with Crippen molar-refractivity contribution in [2.45, 2.75) is 97.8 Å². The number of primary amides is 1. The summed E-state index contributed by atoms with van der Waals surface area (Å²) in [5.74, 6) is 1.21. The molecule has 1 aromatic rings. The molecule has 0 heterocycles. The Hall–Kier alpha value is -1.31. The first-order valence-corrected chi connectivity index (χ1v) is 9.96. The average Bonchev–Trinajstić information content (AvgIpc) is 2.59. The second-order valence-corrected chi connectivity index (χ2v) is 6.97. The summed E-state index contributed by atoms with van der Waals surface area (Å²) in [5.41, 5.74) is 10.5. The summed E-state index contributed by atoms with van der Waals surface area (Å²) in [6.45, 7) is 13.4. The third-order valence-corrected chi connectivity index (χ3v) is 5.80. The van der Waals surface area contributed by atoms with Crippen molar-refractivity contribution in [1.82, 2.24) is 0 Å². The van der Waals surface area contributed by atoms with Gasteiger partial charge in [-0.1, -0.05) is 47.6 Å². The van der Waals surface area contributed by atoms with Crippen molar-refractivity contribution in [3.63, 3.8) is 0 Å². The molecular weight excluding hydrogens is 294 g/mol. The van der Waals surface area contributed by atoms with Gasteiger partial charge in [-0.05, 0) is 79.0 Å². The molecule has 0 aliphatic rings. The highest BCUT2D eigenvalue weighted by Gasteiger charge is 2.24. The van der Waals surface area contributed by atoms with E-state index in [0.717, 1.165) is 44.1 Å². The van der Waals surface area contributed by atoms with Crippen molar-refractivity contribution >= 4 is 5.91 Å². The molecule has 136 valence electrons. The number of nitrogens with two attached hydrogens (primary N) is 1. The molecule has 2 N–H and O–H groups in total. The monoisotopic (exact) mass is 331 g/mol. The molecule has 0 atom stereocenters. The van der Waals surface area contributed by atoms with E-state index in [-0.39, 0.29) is 5.91 Å². The van der Waals surface area contributed by atoms with Crippen LogP contribution in [0.15, 0.2) is 12.1 Å². The zero-order valence-corrected chi connectivity index (χ0v) is 16.6. The highest BCUT2D eigenvalue weighted by atomic mass is 16.1. The molecule has 0 spiro atoms. The van der Waals surface area contributed by atoms with E-state index >= 15 is 0 Å². The molecule has 0 aromatic heterocycles. The van der Waals surface area contributed by atoms with Crippen LogP contribution in [0.5, 0.6) is 0 Å². The molecule has 0 radical (unpaired) electrons. The highest BCUT2D eigenvalue weighted by molar-refractivity contribution is 5.95. The maximum absolute atomic E-state index is 12.2. The van der Waals surface area contributed by atoms with Crippen LogP contribution < -0.4 is 5.73 Å². The van der Waals surface area contributed by atoms with Crippen LogP contribution in [0.4, 0.5) is 0 Å². The maximum Gasteiger partial charge on any atom is 0.248 e. The summed E-state index contributed by atoms with van der Waals surface area (Å²) in [6.07, 6.45) is 6.58. The Morgan fingerprint density at radius 1 is 0.708 bits per heavy atom. The predicted octanol–water partition coefficient (Wildman–Crippen LogP) is 6.50. The predicted molar refractivity (Wildman–Crippen MR) is 105 cm³/mol. The van der Waals surface area contributed by atoms with Gasteiger partial charge in [-0.2, -0.15) is 0 Å². The summed E-state index contributed by atoms with van der Waals surface area (Å²) in [7, 11) is 0. The van der Waals surface area contributed by atoms with E-state index in [1.807, 2.05) is 0 Å². The largest absolute Gasteiger partial charge is 0.366 e. The van der Waals surface area contributed by atoms with Crippen LogP contribution in [0.1, 0.15) is 125 Å². The van der Waals surface area contributed by atoms with Gasteiger partial charge in [0.05, 0.1) is 0 Å². The van der Waals surface area contributed by atoms with Gasteiger partial charge < -0.3 is 5.73 Å². The van der Waals surface area contributed by atoms with Gasteiger partial charge in [0.1, 0.15) is 0 Å².